The topological polar surface area (TPSA) is 60.5 Å². The van der Waals surface area contributed by atoms with E-state index in [4.69, 9.17) is 9.47 Å². The minimum Gasteiger partial charge on any atom is -0.494 e. The molecule has 0 aliphatic carbocycles. The third kappa shape index (κ3) is 4.24. The second-order valence-electron chi connectivity index (χ2n) is 5.62. The first-order chi connectivity index (χ1) is 12.1. The number of esters is 1. The fraction of sp³-hybridized carbons (Fsp3) is 0.200. The zero-order valence-corrected chi connectivity index (χ0v) is 15.7. The maximum absolute atomic E-state index is 11.7. The number of aryl methyl sites for hydroxylation is 1. The third-order valence-corrected chi connectivity index (χ3v) is 3.78. The molecule has 0 aliphatic heterocycles. The molecule has 5 nitrogen and oxygen atoms in total. The van der Waals surface area contributed by atoms with Crippen molar-refractivity contribution in [3.05, 3.63) is 59.8 Å². The molecule has 0 amide bonds. The number of anilines is 2. The van der Waals surface area contributed by atoms with E-state index < -0.39 is 0 Å². The maximum Gasteiger partial charge on any atom is 0.337 e. The number of nitrogens with one attached hydrogen (secondary N) is 1. The largest absolute Gasteiger partial charge is 0.494 e. The SMILES string of the molecule is CCOc1ccc2nc(C)cc(Nc3cccc(C(=O)OC)c3)c2c1.Cl. The number of pyridine rings is 1. The zero-order valence-electron chi connectivity index (χ0n) is 14.9. The Morgan fingerprint density at radius 2 is 1.96 bits per heavy atom. The first-order valence-corrected chi connectivity index (χ1v) is 8.10. The Hall–Kier alpha value is -2.79. The number of hydrogen-bond acceptors (Lipinski definition) is 5. The van der Waals surface area contributed by atoms with Crippen molar-refractivity contribution in [1.29, 1.82) is 0 Å². The van der Waals surface area contributed by atoms with E-state index in [-0.39, 0.29) is 18.4 Å². The molecule has 3 aromatic rings. The van der Waals surface area contributed by atoms with Crippen molar-refractivity contribution in [1.82, 2.24) is 4.98 Å². The van der Waals surface area contributed by atoms with Gasteiger partial charge in [-0.25, -0.2) is 4.79 Å². The fourth-order valence-electron chi connectivity index (χ4n) is 2.69. The van der Waals surface area contributed by atoms with Gasteiger partial charge in [-0.3, -0.25) is 4.98 Å². The van der Waals surface area contributed by atoms with Crippen molar-refractivity contribution in [2.24, 2.45) is 0 Å². The van der Waals surface area contributed by atoms with Crippen LogP contribution in [0.2, 0.25) is 0 Å². The van der Waals surface area contributed by atoms with Crippen LogP contribution in [0.15, 0.2) is 48.5 Å². The molecule has 1 aromatic heterocycles. The number of ether oxygens (including phenoxy) is 2. The van der Waals surface area contributed by atoms with E-state index in [1.165, 1.54) is 7.11 Å². The van der Waals surface area contributed by atoms with Gasteiger partial charge in [0.15, 0.2) is 0 Å². The molecule has 0 saturated carbocycles. The molecular weight excluding hydrogens is 352 g/mol. The van der Waals surface area contributed by atoms with Crippen molar-refractivity contribution < 1.29 is 14.3 Å². The number of methoxy groups -OCH3 is 1. The second-order valence-corrected chi connectivity index (χ2v) is 5.62. The summed E-state index contributed by atoms with van der Waals surface area (Å²) in [5.41, 5.74) is 4.00. The number of aromatic nitrogens is 1. The van der Waals surface area contributed by atoms with Crippen LogP contribution < -0.4 is 10.1 Å². The molecule has 26 heavy (non-hydrogen) atoms. The maximum atomic E-state index is 11.7. The van der Waals surface area contributed by atoms with Gasteiger partial charge in [-0.05, 0) is 56.3 Å². The summed E-state index contributed by atoms with van der Waals surface area (Å²) in [5, 5.41) is 4.33. The van der Waals surface area contributed by atoms with Crippen molar-refractivity contribution in [3.8, 4) is 5.75 Å². The molecule has 0 saturated heterocycles. The van der Waals surface area contributed by atoms with Gasteiger partial charge in [0.05, 0.1) is 24.8 Å². The number of fused-ring (bicyclic) bond motifs is 1. The number of hydrogen-bond donors (Lipinski definition) is 1. The molecule has 0 fully saturated rings. The van der Waals surface area contributed by atoms with E-state index in [1.54, 1.807) is 12.1 Å². The van der Waals surface area contributed by atoms with Gasteiger partial charge < -0.3 is 14.8 Å². The molecule has 1 N–H and O–H groups in total. The normalized spacial score (nSPS) is 10.1. The molecule has 0 radical (unpaired) electrons. The average Bonchev–Trinajstić information content (AvgIpc) is 2.62. The first kappa shape index (κ1) is 19.5. The lowest BCUT2D eigenvalue weighted by atomic mass is 10.1. The predicted molar refractivity (Wildman–Crippen MR) is 106 cm³/mol. The Morgan fingerprint density at radius 3 is 2.69 bits per heavy atom. The van der Waals surface area contributed by atoms with Crippen LogP contribution in [0.4, 0.5) is 11.4 Å². The van der Waals surface area contributed by atoms with Crippen molar-refractivity contribution in [2.45, 2.75) is 13.8 Å². The van der Waals surface area contributed by atoms with Crippen LogP contribution in [0.1, 0.15) is 23.0 Å². The average molecular weight is 373 g/mol. The summed E-state index contributed by atoms with van der Waals surface area (Å²) in [6, 6.07) is 15.0. The quantitative estimate of drug-likeness (QED) is 0.646. The Morgan fingerprint density at radius 1 is 1.15 bits per heavy atom. The summed E-state index contributed by atoms with van der Waals surface area (Å²) < 4.78 is 10.4. The van der Waals surface area contributed by atoms with E-state index in [2.05, 4.69) is 10.3 Å². The van der Waals surface area contributed by atoms with Crippen LogP contribution in [0.25, 0.3) is 10.9 Å². The third-order valence-electron chi connectivity index (χ3n) is 3.78. The Labute approximate surface area is 158 Å². The summed E-state index contributed by atoms with van der Waals surface area (Å²) in [6.07, 6.45) is 0. The van der Waals surface area contributed by atoms with Gasteiger partial charge in [0, 0.05) is 22.5 Å². The molecule has 0 aliphatic rings. The van der Waals surface area contributed by atoms with Gasteiger partial charge in [-0.15, -0.1) is 12.4 Å². The zero-order chi connectivity index (χ0) is 17.8. The smallest absolute Gasteiger partial charge is 0.337 e. The lowest BCUT2D eigenvalue weighted by molar-refractivity contribution is 0.0601. The van der Waals surface area contributed by atoms with Crippen LogP contribution in [0, 0.1) is 6.92 Å². The highest BCUT2D eigenvalue weighted by molar-refractivity contribution is 5.95. The molecule has 0 spiro atoms. The number of benzene rings is 2. The van der Waals surface area contributed by atoms with E-state index in [1.807, 2.05) is 50.2 Å². The fourth-order valence-corrected chi connectivity index (χ4v) is 2.69. The summed E-state index contributed by atoms with van der Waals surface area (Å²) >= 11 is 0. The van der Waals surface area contributed by atoms with Gasteiger partial charge in [0.1, 0.15) is 5.75 Å². The standard InChI is InChI=1S/C20H20N2O3.ClH/c1-4-25-16-8-9-18-17(12-16)19(10-13(2)21-18)22-15-7-5-6-14(11-15)20(23)24-3;/h5-12H,4H2,1-3H3,(H,21,22);1H. The Kier molecular flexibility index (Phi) is 6.41. The van der Waals surface area contributed by atoms with Gasteiger partial charge in [0.25, 0.3) is 0 Å². The van der Waals surface area contributed by atoms with Crippen LogP contribution >= 0.6 is 12.4 Å². The van der Waals surface area contributed by atoms with E-state index in [9.17, 15) is 4.79 Å². The lowest BCUT2D eigenvalue weighted by Crippen LogP contribution is -2.02. The monoisotopic (exact) mass is 372 g/mol. The summed E-state index contributed by atoms with van der Waals surface area (Å²) in [6.45, 7) is 4.51. The van der Waals surface area contributed by atoms with Crippen molar-refractivity contribution in [3.63, 3.8) is 0 Å². The second kappa shape index (κ2) is 8.54. The van der Waals surface area contributed by atoms with E-state index in [0.717, 1.165) is 33.7 Å². The highest BCUT2D eigenvalue weighted by atomic mass is 35.5. The molecule has 6 heteroatoms. The number of carbonyl (C=O) groups is 1. The highest BCUT2D eigenvalue weighted by Crippen LogP contribution is 2.30. The van der Waals surface area contributed by atoms with Crippen LogP contribution in [0.3, 0.4) is 0 Å². The first-order valence-electron chi connectivity index (χ1n) is 8.10. The minimum absolute atomic E-state index is 0. The Bertz CT molecular complexity index is 928. The molecule has 0 atom stereocenters. The molecule has 136 valence electrons. The van der Waals surface area contributed by atoms with Crippen molar-refractivity contribution in [2.75, 3.05) is 19.0 Å². The number of rotatable bonds is 5. The summed E-state index contributed by atoms with van der Waals surface area (Å²) in [7, 11) is 1.37. The Balaban J connectivity index is 0.00000243. The van der Waals surface area contributed by atoms with E-state index in [0.29, 0.717) is 12.2 Å². The minimum atomic E-state index is -0.363. The summed E-state index contributed by atoms with van der Waals surface area (Å²) in [4.78, 5) is 16.3. The van der Waals surface area contributed by atoms with Crippen molar-refractivity contribution >= 4 is 40.7 Å². The number of halogens is 1. The molecule has 0 unspecified atom stereocenters. The lowest BCUT2D eigenvalue weighted by Gasteiger charge is -2.13. The summed E-state index contributed by atoms with van der Waals surface area (Å²) in [5.74, 6) is 0.435. The van der Waals surface area contributed by atoms with Crippen LogP contribution in [0.5, 0.6) is 5.75 Å². The highest BCUT2D eigenvalue weighted by Gasteiger charge is 2.09. The number of nitrogens with zero attached hydrogens (tertiary/aromatic N) is 1. The van der Waals surface area contributed by atoms with Crippen LogP contribution in [-0.2, 0) is 4.74 Å². The van der Waals surface area contributed by atoms with E-state index >= 15 is 0 Å². The predicted octanol–water partition coefficient (Wildman–Crippen LogP) is 4.89. The molecular formula is C20H21ClN2O3. The van der Waals surface area contributed by atoms with Gasteiger partial charge in [-0.1, -0.05) is 6.07 Å². The van der Waals surface area contributed by atoms with Gasteiger partial charge in [0.2, 0.25) is 0 Å². The molecule has 2 aromatic carbocycles. The molecule has 1 heterocycles. The van der Waals surface area contributed by atoms with Gasteiger partial charge >= 0.3 is 5.97 Å². The van der Waals surface area contributed by atoms with Gasteiger partial charge in [-0.2, -0.15) is 0 Å². The number of carbonyl (C=O) groups excluding carboxylic acids is 1. The molecule has 0 bridgehead atoms. The van der Waals surface area contributed by atoms with Crippen LogP contribution in [-0.4, -0.2) is 24.7 Å². The molecule has 3 rings (SSSR count).